The van der Waals surface area contributed by atoms with Crippen LogP contribution in [-0.2, 0) is 0 Å². The molecule has 1 aliphatic heterocycles. The number of rotatable bonds is 3. The van der Waals surface area contributed by atoms with Crippen molar-refractivity contribution >= 4 is 0 Å². The molecule has 1 aliphatic rings. The van der Waals surface area contributed by atoms with Crippen molar-refractivity contribution in [1.29, 1.82) is 0 Å². The van der Waals surface area contributed by atoms with E-state index in [0.29, 0.717) is 11.9 Å². The van der Waals surface area contributed by atoms with Gasteiger partial charge in [-0.2, -0.15) is 5.10 Å². The predicted octanol–water partition coefficient (Wildman–Crippen LogP) is 1.65. The largest absolute Gasteiger partial charge is 0.472 e. The molecule has 1 aromatic rings. The van der Waals surface area contributed by atoms with Crippen LogP contribution >= 0.6 is 0 Å². The van der Waals surface area contributed by atoms with Gasteiger partial charge in [0.05, 0.1) is 5.69 Å². The Hall–Kier alpha value is -1.16. The second-order valence-corrected chi connectivity index (χ2v) is 4.63. The molecule has 4 nitrogen and oxygen atoms in total. The summed E-state index contributed by atoms with van der Waals surface area (Å²) in [6.07, 6.45) is 1.34. The molecule has 1 fully saturated rings. The summed E-state index contributed by atoms with van der Waals surface area (Å²) in [7, 11) is 0. The van der Waals surface area contributed by atoms with Crippen LogP contribution < -0.4 is 4.74 Å². The molecule has 0 N–H and O–H groups in total. The van der Waals surface area contributed by atoms with Gasteiger partial charge in [-0.25, -0.2) is 0 Å². The minimum atomic E-state index is 0.263. The fraction of sp³-hybridized carbons (Fsp3) is 0.667. The Morgan fingerprint density at radius 3 is 2.75 bits per heavy atom. The summed E-state index contributed by atoms with van der Waals surface area (Å²) in [6, 6.07) is 4.41. The SMILES string of the molecule is Cc1ccc(OC2CCN(C(C)C)C2)nn1. The van der Waals surface area contributed by atoms with Crippen LogP contribution in [0.25, 0.3) is 0 Å². The number of aryl methyl sites for hydroxylation is 1. The van der Waals surface area contributed by atoms with Gasteiger partial charge in [0.2, 0.25) is 5.88 Å². The predicted molar refractivity (Wildman–Crippen MR) is 62.5 cm³/mol. The minimum Gasteiger partial charge on any atom is -0.472 e. The summed E-state index contributed by atoms with van der Waals surface area (Å²) in [5, 5.41) is 8.01. The second kappa shape index (κ2) is 4.78. The topological polar surface area (TPSA) is 38.2 Å². The first-order valence-electron chi connectivity index (χ1n) is 5.86. The summed E-state index contributed by atoms with van der Waals surface area (Å²) < 4.78 is 5.80. The van der Waals surface area contributed by atoms with E-state index >= 15 is 0 Å². The molecule has 4 heteroatoms. The molecule has 0 spiro atoms. The quantitative estimate of drug-likeness (QED) is 0.778. The Morgan fingerprint density at radius 1 is 1.38 bits per heavy atom. The Kier molecular flexibility index (Phi) is 3.39. The molecule has 2 heterocycles. The number of nitrogens with zero attached hydrogens (tertiary/aromatic N) is 3. The molecule has 0 radical (unpaired) electrons. The summed E-state index contributed by atoms with van der Waals surface area (Å²) in [6.45, 7) is 8.46. The van der Waals surface area contributed by atoms with Gasteiger partial charge in [0, 0.05) is 25.2 Å². The summed E-state index contributed by atoms with van der Waals surface area (Å²) >= 11 is 0. The first-order chi connectivity index (χ1) is 7.65. The molecule has 16 heavy (non-hydrogen) atoms. The van der Waals surface area contributed by atoms with Gasteiger partial charge < -0.3 is 4.74 Å². The summed E-state index contributed by atoms with van der Waals surface area (Å²) in [5.74, 6) is 0.640. The standard InChI is InChI=1S/C12H19N3O/c1-9(2)15-7-6-11(8-15)16-12-5-4-10(3)13-14-12/h4-5,9,11H,6-8H2,1-3H3. The first-order valence-corrected chi connectivity index (χ1v) is 5.86. The molecule has 1 unspecified atom stereocenters. The van der Waals surface area contributed by atoms with E-state index in [9.17, 15) is 0 Å². The van der Waals surface area contributed by atoms with Crippen LogP contribution in [-0.4, -0.2) is 40.3 Å². The van der Waals surface area contributed by atoms with E-state index in [2.05, 4.69) is 28.9 Å². The van der Waals surface area contributed by atoms with Crippen molar-refractivity contribution in [2.75, 3.05) is 13.1 Å². The van der Waals surface area contributed by atoms with E-state index < -0.39 is 0 Å². The lowest BCUT2D eigenvalue weighted by molar-refractivity contribution is 0.179. The van der Waals surface area contributed by atoms with Gasteiger partial charge in [-0.3, -0.25) is 4.90 Å². The molecule has 0 amide bonds. The van der Waals surface area contributed by atoms with E-state index in [0.717, 1.165) is 25.2 Å². The fourth-order valence-electron chi connectivity index (χ4n) is 1.94. The van der Waals surface area contributed by atoms with Crippen molar-refractivity contribution in [3.8, 4) is 5.88 Å². The van der Waals surface area contributed by atoms with Crippen molar-refractivity contribution in [1.82, 2.24) is 15.1 Å². The lowest BCUT2D eigenvalue weighted by Gasteiger charge is -2.20. The normalized spacial score (nSPS) is 21.6. The molecule has 1 saturated heterocycles. The Labute approximate surface area is 96.6 Å². The molecular weight excluding hydrogens is 202 g/mol. The number of ether oxygens (including phenoxy) is 1. The van der Waals surface area contributed by atoms with Crippen LogP contribution in [0.5, 0.6) is 5.88 Å². The third-order valence-corrected chi connectivity index (χ3v) is 2.97. The third-order valence-electron chi connectivity index (χ3n) is 2.97. The number of hydrogen-bond donors (Lipinski definition) is 0. The van der Waals surface area contributed by atoms with Crippen molar-refractivity contribution in [2.24, 2.45) is 0 Å². The van der Waals surface area contributed by atoms with Crippen LogP contribution in [0.15, 0.2) is 12.1 Å². The summed E-state index contributed by atoms with van der Waals surface area (Å²) in [4.78, 5) is 2.42. The molecule has 88 valence electrons. The highest BCUT2D eigenvalue weighted by molar-refractivity contribution is 5.10. The molecule has 2 rings (SSSR count). The van der Waals surface area contributed by atoms with Gasteiger partial charge >= 0.3 is 0 Å². The van der Waals surface area contributed by atoms with Gasteiger partial charge in [0.25, 0.3) is 0 Å². The average molecular weight is 221 g/mol. The van der Waals surface area contributed by atoms with Crippen molar-refractivity contribution < 1.29 is 4.74 Å². The Balaban J connectivity index is 1.89. The van der Waals surface area contributed by atoms with Gasteiger partial charge in [-0.15, -0.1) is 5.10 Å². The van der Waals surface area contributed by atoms with Crippen molar-refractivity contribution in [3.63, 3.8) is 0 Å². The molecule has 0 saturated carbocycles. The van der Waals surface area contributed by atoms with Gasteiger partial charge in [0.15, 0.2) is 0 Å². The van der Waals surface area contributed by atoms with Crippen LogP contribution in [0.3, 0.4) is 0 Å². The molecule has 0 aliphatic carbocycles. The zero-order valence-electron chi connectivity index (χ0n) is 10.2. The molecule has 0 aromatic carbocycles. The lowest BCUT2D eigenvalue weighted by atomic mass is 10.3. The monoisotopic (exact) mass is 221 g/mol. The van der Waals surface area contributed by atoms with Crippen molar-refractivity contribution in [2.45, 2.75) is 39.3 Å². The number of hydrogen-bond acceptors (Lipinski definition) is 4. The van der Waals surface area contributed by atoms with Crippen LogP contribution in [0, 0.1) is 6.92 Å². The maximum absolute atomic E-state index is 5.80. The smallest absolute Gasteiger partial charge is 0.233 e. The van der Waals surface area contributed by atoms with Gasteiger partial charge in [-0.05, 0) is 33.3 Å². The van der Waals surface area contributed by atoms with Crippen LogP contribution in [0.2, 0.25) is 0 Å². The molecule has 0 bridgehead atoms. The molecular formula is C12H19N3O. The van der Waals surface area contributed by atoms with E-state index in [1.54, 1.807) is 0 Å². The van der Waals surface area contributed by atoms with Crippen LogP contribution in [0.1, 0.15) is 26.0 Å². The van der Waals surface area contributed by atoms with Gasteiger partial charge in [-0.1, -0.05) is 0 Å². The zero-order valence-corrected chi connectivity index (χ0v) is 10.2. The van der Waals surface area contributed by atoms with Gasteiger partial charge in [0.1, 0.15) is 6.10 Å². The maximum Gasteiger partial charge on any atom is 0.233 e. The highest BCUT2D eigenvalue weighted by Gasteiger charge is 2.25. The Bertz CT molecular complexity index is 337. The lowest BCUT2D eigenvalue weighted by Crippen LogP contribution is -2.30. The number of likely N-dealkylation sites (tertiary alicyclic amines) is 1. The third kappa shape index (κ3) is 2.70. The molecule has 1 atom stereocenters. The fourth-order valence-corrected chi connectivity index (χ4v) is 1.94. The second-order valence-electron chi connectivity index (χ2n) is 4.63. The number of aromatic nitrogens is 2. The van der Waals surface area contributed by atoms with E-state index in [1.165, 1.54) is 0 Å². The highest BCUT2D eigenvalue weighted by Crippen LogP contribution is 2.17. The highest BCUT2D eigenvalue weighted by atomic mass is 16.5. The van der Waals surface area contributed by atoms with Crippen molar-refractivity contribution in [3.05, 3.63) is 17.8 Å². The van der Waals surface area contributed by atoms with E-state index in [-0.39, 0.29) is 6.10 Å². The minimum absolute atomic E-state index is 0.263. The first kappa shape index (κ1) is 11.3. The Morgan fingerprint density at radius 2 is 2.19 bits per heavy atom. The van der Waals surface area contributed by atoms with E-state index in [1.807, 2.05) is 19.1 Å². The van der Waals surface area contributed by atoms with E-state index in [4.69, 9.17) is 4.74 Å². The average Bonchev–Trinajstić information content (AvgIpc) is 2.70. The zero-order chi connectivity index (χ0) is 11.5. The maximum atomic E-state index is 5.80. The summed E-state index contributed by atoms with van der Waals surface area (Å²) in [5.41, 5.74) is 0.919. The molecule has 1 aromatic heterocycles. The van der Waals surface area contributed by atoms with Crippen LogP contribution in [0.4, 0.5) is 0 Å².